The van der Waals surface area contributed by atoms with Crippen molar-refractivity contribution in [1.29, 1.82) is 0 Å². The maximum atomic E-state index is 13.0. The normalized spacial score (nSPS) is 15.6. The Balaban J connectivity index is 1.69. The van der Waals surface area contributed by atoms with Crippen molar-refractivity contribution in [3.63, 3.8) is 0 Å². The maximum Gasteiger partial charge on any atom is 0.283 e. The van der Waals surface area contributed by atoms with E-state index >= 15 is 0 Å². The van der Waals surface area contributed by atoms with Gasteiger partial charge >= 0.3 is 0 Å². The molecule has 27 heavy (non-hydrogen) atoms. The van der Waals surface area contributed by atoms with Crippen LogP contribution in [0.5, 0.6) is 0 Å². The molecule has 0 aliphatic carbocycles. The number of halogens is 1. The van der Waals surface area contributed by atoms with Gasteiger partial charge in [0.1, 0.15) is 10.7 Å². The molecule has 0 spiro atoms. The molecule has 4 rings (SSSR count). The first kappa shape index (κ1) is 17.3. The Kier molecular flexibility index (Phi) is 4.42. The van der Waals surface area contributed by atoms with Crippen molar-refractivity contribution in [2.24, 2.45) is 0 Å². The fourth-order valence-electron chi connectivity index (χ4n) is 3.29. The summed E-state index contributed by atoms with van der Waals surface area (Å²) in [5.41, 5.74) is 1.66. The van der Waals surface area contributed by atoms with Crippen LogP contribution in [0.25, 0.3) is 10.8 Å². The summed E-state index contributed by atoms with van der Waals surface area (Å²) in [6, 6.07) is 22.7. The number of anilines is 1. The van der Waals surface area contributed by atoms with Crippen molar-refractivity contribution >= 4 is 39.9 Å². The van der Waals surface area contributed by atoms with E-state index in [0.717, 1.165) is 21.2 Å². The summed E-state index contributed by atoms with van der Waals surface area (Å²) in [6.07, 6.45) is 0. The molecular formula is C22H17ClN2O2. The van der Waals surface area contributed by atoms with Gasteiger partial charge in [0.2, 0.25) is 0 Å². The van der Waals surface area contributed by atoms with E-state index in [0.29, 0.717) is 5.69 Å². The minimum atomic E-state index is -0.513. The quantitative estimate of drug-likeness (QED) is 0.681. The second-order valence-electron chi connectivity index (χ2n) is 6.41. The summed E-state index contributed by atoms with van der Waals surface area (Å²) in [5.74, 6) is -0.954. The lowest BCUT2D eigenvalue weighted by atomic mass is 10.1. The Morgan fingerprint density at radius 3 is 2.30 bits per heavy atom. The van der Waals surface area contributed by atoms with Crippen molar-refractivity contribution in [1.82, 2.24) is 5.32 Å². The second-order valence-corrected chi connectivity index (χ2v) is 6.79. The molecule has 0 aromatic heterocycles. The van der Waals surface area contributed by atoms with Gasteiger partial charge in [-0.1, -0.05) is 78.3 Å². The Labute approximate surface area is 162 Å². The van der Waals surface area contributed by atoms with Gasteiger partial charge in [0.25, 0.3) is 11.8 Å². The molecule has 1 unspecified atom stereocenters. The summed E-state index contributed by atoms with van der Waals surface area (Å²) in [6.45, 7) is 1.92. The van der Waals surface area contributed by atoms with Crippen molar-refractivity contribution < 1.29 is 9.59 Å². The predicted octanol–water partition coefficient (Wildman–Crippen LogP) is 4.51. The molecule has 0 fully saturated rings. The van der Waals surface area contributed by atoms with Crippen LogP contribution in [0.1, 0.15) is 18.5 Å². The predicted molar refractivity (Wildman–Crippen MR) is 107 cm³/mol. The monoisotopic (exact) mass is 376 g/mol. The fraction of sp³-hybridized carbons (Fsp3) is 0.0909. The Hall–Kier alpha value is -3.11. The number of hydrogen-bond acceptors (Lipinski definition) is 3. The first-order chi connectivity index (χ1) is 13.1. The highest BCUT2D eigenvalue weighted by Crippen LogP contribution is 2.34. The fourth-order valence-corrected chi connectivity index (χ4v) is 3.51. The lowest BCUT2D eigenvalue weighted by molar-refractivity contribution is -0.120. The molecule has 1 aliphatic rings. The zero-order chi connectivity index (χ0) is 19.0. The van der Waals surface area contributed by atoms with Crippen LogP contribution in [-0.4, -0.2) is 11.8 Å². The van der Waals surface area contributed by atoms with E-state index in [4.69, 9.17) is 11.6 Å². The Morgan fingerprint density at radius 2 is 1.52 bits per heavy atom. The number of hydrogen-bond donors (Lipinski definition) is 1. The molecule has 2 amide bonds. The van der Waals surface area contributed by atoms with Gasteiger partial charge in [0.15, 0.2) is 0 Å². The van der Waals surface area contributed by atoms with E-state index in [1.165, 1.54) is 0 Å². The zero-order valence-electron chi connectivity index (χ0n) is 14.6. The zero-order valence-corrected chi connectivity index (χ0v) is 15.4. The van der Waals surface area contributed by atoms with Crippen molar-refractivity contribution in [2.75, 3.05) is 4.90 Å². The average Bonchev–Trinajstić information content (AvgIpc) is 2.91. The number of nitrogens with zero attached hydrogens (tertiary/aromatic N) is 1. The van der Waals surface area contributed by atoms with Gasteiger partial charge in [0, 0.05) is 11.4 Å². The van der Waals surface area contributed by atoms with Crippen LogP contribution in [0.3, 0.4) is 0 Å². The molecule has 0 saturated heterocycles. The van der Waals surface area contributed by atoms with Crippen LogP contribution >= 0.6 is 11.6 Å². The third-order valence-corrected chi connectivity index (χ3v) is 5.05. The van der Waals surface area contributed by atoms with Crippen molar-refractivity contribution in [2.45, 2.75) is 13.0 Å². The molecule has 1 atom stereocenters. The first-order valence-corrected chi connectivity index (χ1v) is 9.03. The summed E-state index contributed by atoms with van der Waals surface area (Å²) >= 11 is 6.26. The number of fused-ring (bicyclic) bond motifs is 1. The lowest BCUT2D eigenvalue weighted by Gasteiger charge is -2.19. The molecule has 1 aliphatic heterocycles. The standard InChI is InChI=1S/C22H17ClN2O2/c1-14(15-8-3-2-4-9-15)24-20-19(23)21(26)25(22(20)27)18-13-7-11-16-10-5-6-12-17(16)18/h2-14,24H,1H3. The summed E-state index contributed by atoms with van der Waals surface area (Å²) in [7, 11) is 0. The number of benzene rings is 3. The van der Waals surface area contributed by atoms with Gasteiger partial charge in [-0.3, -0.25) is 9.59 Å². The van der Waals surface area contributed by atoms with E-state index in [1.807, 2.05) is 73.7 Å². The molecule has 0 radical (unpaired) electrons. The molecular weight excluding hydrogens is 360 g/mol. The number of rotatable bonds is 4. The second kappa shape index (κ2) is 6.89. The highest BCUT2D eigenvalue weighted by atomic mass is 35.5. The van der Waals surface area contributed by atoms with E-state index in [1.54, 1.807) is 6.07 Å². The van der Waals surface area contributed by atoms with Crippen LogP contribution in [0.4, 0.5) is 5.69 Å². The number of amides is 2. The van der Waals surface area contributed by atoms with Crippen LogP contribution in [-0.2, 0) is 9.59 Å². The van der Waals surface area contributed by atoms with E-state index < -0.39 is 11.8 Å². The van der Waals surface area contributed by atoms with Crippen molar-refractivity contribution in [3.8, 4) is 0 Å². The van der Waals surface area contributed by atoms with Gasteiger partial charge < -0.3 is 5.32 Å². The highest BCUT2D eigenvalue weighted by molar-refractivity contribution is 6.53. The van der Waals surface area contributed by atoms with Crippen LogP contribution in [0.15, 0.2) is 83.5 Å². The van der Waals surface area contributed by atoms with Gasteiger partial charge in [-0.05, 0) is 23.9 Å². The molecule has 0 bridgehead atoms. The number of imide groups is 1. The minimum Gasteiger partial charge on any atom is -0.373 e. The van der Waals surface area contributed by atoms with Gasteiger partial charge in [-0.25, -0.2) is 4.90 Å². The summed E-state index contributed by atoms with van der Waals surface area (Å²) < 4.78 is 0. The topological polar surface area (TPSA) is 49.4 Å². The summed E-state index contributed by atoms with van der Waals surface area (Å²) in [5, 5.41) is 4.79. The van der Waals surface area contributed by atoms with Gasteiger partial charge in [-0.15, -0.1) is 0 Å². The van der Waals surface area contributed by atoms with Crippen LogP contribution in [0.2, 0.25) is 0 Å². The molecule has 3 aromatic rings. The maximum absolute atomic E-state index is 13.0. The Bertz CT molecular complexity index is 1070. The van der Waals surface area contributed by atoms with E-state index in [9.17, 15) is 9.59 Å². The molecule has 5 heteroatoms. The van der Waals surface area contributed by atoms with Crippen LogP contribution in [0, 0.1) is 0 Å². The van der Waals surface area contributed by atoms with Gasteiger partial charge in [0.05, 0.1) is 5.69 Å². The third kappa shape index (κ3) is 2.98. The van der Waals surface area contributed by atoms with E-state index in [-0.39, 0.29) is 16.8 Å². The minimum absolute atomic E-state index is 0.0873. The molecule has 4 nitrogen and oxygen atoms in total. The average molecular weight is 377 g/mol. The number of carbonyl (C=O) groups is 2. The summed E-state index contributed by atoms with van der Waals surface area (Å²) in [4.78, 5) is 26.9. The molecule has 1 heterocycles. The SMILES string of the molecule is CC(NC1=C(Cl)C(=O)N(c2cccc3ccccc23)C1=O)c1ccccc1. The molecule has 134 valence electrons. The van der Waals surface area contributed by atoms with Gasteiger partial charge in [-0.2, -0.15) is 0 Å². The smallest absolute Gasteiger partial charge is 0.283 e. The van der Waals surface area contributed by atoms with Crippen LogP contribution < -0.4 is 10.2 Å². The Morgan fingerprint density at radius 1 is 0.852 bits per heavy atom. The first-order valence-electron chi connectivity index (χ1n) is 8.65. The largest absolute Gasteiger partial charge is 0.373 e. The molecule has 0 saturated carbocycles. The highest BCUT2D eigenvalue weighted by Gasteiger charge is 2.39. The number of nitrogens with one attached hydrogen (secondary N) is 1. The van der Waals surface area contributed by atoms with Crippen molar-refractivity contribution in [3.05, 3.63) is 89.1 Å². The van der Waals surface area contributed by atoms with E-state index in [2.05, 4.69) is 5.32 Å². The third-order valence-electron chi connectivity index (χ3n) is 4.70. The molecule has 3 aromatic carbocycles. The number of carbonyl (C=O) groups excluding carboxylic acids is 2. The lowest BCUT2D eigenvalue weighted by Crippen LogP contribution is -2.34. The molecule has 1 N–H and O–H groups in total.